The minimum Gasteiger partial charge on any atom is -0.444 e. The number of hydrogen-bond acceptors (Lipinski definition) is 10. The van der Waals surface area contributed by atoms with Crippen LogP contribution in [0.5, 0.6) is 0 Å². The van der Waals surface area contributed by atoms with Crippen molar-refractivity contribution in [3.05, 3.63) is 23.4 Å². The lowest BCUT2D eigenvalue weighted by atomic mass is 10.0. The van der Waals surface area contributed by atoms with Crippen LogP contribution in [0.4, 0.5) is 10.6 Å². The zero-order valence-electron chi connectivity index (χ0n) is 21.8. The van der Waals surface area contributed by atoms with Gasteiger partial charge in [-0.25, -0.2) is 9.78 Å². The molecule has 38 heavy (non-hydrogen) atoms. The van der Waals surface area contributed by atoms with Crippen molar-refractivity contribution in [2.75, 3.05) is 44.8 Å². The predicted molar refractivity (Wildman–Crippen MR) is 132 cm³/mol. The summed E-state index contributed by atoms with van der Waals surface area (Å²) in [7, 11) is 0. The molecule has 3 aliphatic rings. The Kier molecular flexibility index (Phi) is 8.26. The van der Waals surface area contributed by atoms with Crippen LogP contribution in [0, 0.1) is 0 Å². The van der Waals surface area contributed by atoms with Crippen LogP contribution in [0.15, 0.2) is 12.3 Å². The Balaban J connectivity index is 1.24. The maximum atomic E-state index is 13.1. The van der Waals surface area contributed by atoms with Crippen molar-refractivity contribution in [1.29, 1.82) is 0 Å². The maximum Gasteiger partial charge on any atom is 0.410 e. The molecule has 0 aromatic carbocycles. The first-order chi connectivity index (χ1) is 18.0. The van der Waals surface area contributed by atoms with E-state index >= 15 is 0 Å². The van der Waals surface area contributed by atoms with Crippen molar-refractivity contribution in [3.63, 3.8) is 0 Å². The average molecular weight is 532 g/mol. The molecule has 2 saturated heterocycles. The largest absolute Gasteiger partial charge is 0.444 e. The fourth-order valence-electron chi connectivity index (χ4n) is 4.45. The molecule has 2 fully saturated rings. The molecule has 0 spiro atoms. The SMILES string of the molecule is CC(C)(C)OC(=O)N1CCO[C@H](COCCCNc2nccc3c2C(=O)N(C2CCC(=O)NC2=O)C3=O)C1. The van der Waals surface area contributed by atoms with E-state index in [0.29, 0.717) is 45.9 Å². The van der Waals surface area contributed by atoms with E-state index in [2.05, 4.69) is 15.6 Å². The van der Waals surface area contributed by atoms with E-state index in [0.717, 1.165) is 4.90 Å². The Bertz CT molecular complexity index is 1120. The van der Waals surface area contributed by atoms with E-state index in [-0.39, 0.29) is 42.0 Å². The fraction of sp³-hybridized carbons (Fsp3) is 0.600. The standard InChI is InChI=1S/C25H33N5O8/c1-25(2,3)38-24(35)29-10-12-37-15(13-29)14-36-11-4-8-26-20-19-16(7-9-27-20)22(33)30(23(19)34)17-5-6-18(31)28-21(17)32/h7,9,15,17H,4-6,8,10-14H2,1-3H3,(H,26,27)(H,28,31,32)/t15-,17?/m0/s1. The van der Waals surface area contributed by atoms with Gasteiger partial charge in [0.1, 0.15) is 17.5 Å². The van der Waals surface area contributed by atoms with Crippen LogP contribution in [0.25, 0.3) is 0 Å². The number of fused-ring (bicyclic) bond motifs is 1. The third kappa shape index (κ3) is 6.27. The Labute approximate surface area is 220 Å². The molecule has 1 aromatic rings. The van der Waals surface area contributed by atoms with Crippen LogP contribution in [-0.2, 0) is 23.8 Å². The number of rotatable bonds is 8. The maximum absolute atomic E-state index is 13.1. The number of morpholine rings is 1. The molecule has 13 heteroatoms. The first-order valence-corrected chi connectivity index (χ1v) is 12.7. The minimum absolute atomic E-state index is 0.0537. The number of hydrogen-bond donors (Lipinski definition) is 2. The van der Waals surface area contributed by atoms with Gasteiger partial charge in [0.25, 0.3) is 11.8 Å². The van der Waals surface area contributed by atoms with E-state index in [1.54, 1.807) is 4.90 Å². The highest BCUT2D eigenvalue weighted by Crippen LogP contribution is 2.31. The minimum atomic E-state index is -1.03. The number of pyridine rings is 1. The predicted octanol–water partition coefficient (Wildman–Crippen LogP) is 0.937. The summed E-state index contributed by atoms with van der Waals surface area (Å²) < 4.78 is 16.8. The summed E-state index contributed by atoms with van der Waals surface area (Å²) >= 11 is 0. The Morgan fingerprint density at radius 1 is 1.24 bits per heavy atom. The molecular formula is C25H33N5O8. The van der Waals surface area contributed by atoms with E-state index < -0.39 is 35.3 Å². The number of anilines is 1. The lowest BCUT2D eigenvalue weighted by Crippen LogP contribution is -2.54. The first kappa shape index (κ1) is 27.5. The van der Waals surface area contributed by atoms with Crippen molar-refractivity contribution in [2.24, 2.45) is 0 Å². The molecule has 5 amide bonds. The van der Waals surface area contributed by atoms with E-state index in [1.165, 1.54) is 12.3 Å². The molecule has 0 aliphatic carbocycles. The molecule has 0 bridgehead atoms. The monoisotopic (exact) mass is 531 g/mol. The van der Waals surface area contributed by atoms with E-state index in [4.69, 9.17) is 14.2 Å². The number of carbonyl (C=O) groups is 5. The van der Waals surface area contributed by atoms with Crippen molar-refractivity contribution in [3.8, 4) is 0 Å². The van der Waals surface area contributed by atoms with Crippen LogP contribution in [0.3, 0.4) is 0 Å². The van der Waals surface area contributed by atoms with Gasteiger partial charge in [-0.15, -0.1) is 0 Å². The Morgan fingerprint density at radius 3 is 2.76 bits per heavy atom. The summed E-state index contributed by atoms with van der Waals surface area (Å²) in [5.74, 6) is -2.04. The summed E-state index contributed by atoms with van der Waals surface area (Å²) in [6.45, 7) is 7.83. The molecule has 1 aromatic heterocycles. The summed E-state index contributed by atoms with van der Waals surface area (Å²) in [4.78, 5) is 68.7. The van der Waals surface area contributed by atoms with Gasteiger partial charge in [0.15, 0.2) is 0 Å². The smallest absolute Gasteiger partial charge is 0.410 e. The molecule has 13 nitrogen and oxygen atoms in total. The van der Waals surface area contributed by atoms with Crippen LogP contribution in [-0.4, -0.2) is 102 Å². The normalized spacial score (nSPS) is 21.9. The number of amides is 5. The van der Waals surface area contributed by atoms with Crippen LogP contribution in [0.1, 0.15) is 60.7 Å². The molecule has 206 valence electrons. The second-order valence-electron chi connectivity index (χ2n) is 10.3. The highest BCUT2D eigenvalue weighted by atomic mass is 16.6. The number of piperidine rings is 1. The Hall–Kier alpha value is -3.58. The molecule has 4 heterocycles. The Morgan fingerprint density at radius 2 is 2.03 bits per heavy atom. The van der Waals surface area contributed by atoms with Gasteiger partial charge in [-0.3, -0.25) is 29.4 Å². The number of nitrogens with one attached hydrogen (secondary N) is 2. The molecule has 2 N–H and O–H groups in total. The second-order valence-corrected chi connectivity index (χ2v) is 10.3. The van der Waals surface area contributed by atoms with Gasteiger partial charge in [-0.05, 0) is 39.7 Å². The van der Waals surface area contributed by atoms with Crippen molar-refractivity contribution < 1.29 is 38.2 Å². The molecule has 0 radical (unpaired) electrons. The summed E-state index contributed by atoms with van der Waals surface area (Å²) in [6, 6.07) is 0.412. The van der Waals surface area contributed by atoms with E-state index in [1.807, 2.05) is 20.8 Å². The number of imide groups is 2. The summed E-state index contributed by atoms with van der Waals surface area (Å²) in [5, 5.41) is 5.25. The summed E-state index contributed by atoms with van der Waals surface area (Å²) in [6.07, 6.45) is 1.51. The molecular weight excluding hydrogens is 498 g/mol. The topological polar surface area (TPSA) is 156 Å². The fourth-order valence-corrected chi connectivity index (χ4v) is 4.45. The van der Waals surface area contributed by atoms with Crippen molar-refractivity contribution in [1.82, 2.24) is 20.1 Å². The van der Waals surface area contributed by atoms with Crippen LogP contribution >= 0.6 is 0 Å². The van der Waals surface area contributed by atoms with Crippen molar-refractivity contribution >= 4 is 35.5 Å². The molecule has 4 rings (SSSR count). The number of nitrogens with zero attached hydrogens (tertiary/aromatic N) is 3. The number of ether oxygens (including phenoxy) is 3. The zero-order chi connectivity index (χ0) is 27.4. The highest BCUT2D eigenvalue weighted by molar-refractivity contribution is 6.25. The number of carbonyl (C=O) groups excluding carboxylic acids is 5. The zero-order valence-corrected chi connectivity index (χ0v) is 21.8. The molecule has 1 unspecified atom stereocenters. The van der Waals surface area contributed by atoms with Crippen LogP contribution < -0.4 is 10.6 Å². The molecule has 3 aliphatic heterocycles. The summed E-state index contributed by atoms with van der Waals surface area (Å²) in [5.41, 5.74) is -0.290. The third-order valence-corrected chi connectivity index (χ3v) is 6.21. The van der Waals surface area contributed by atoms with Gasteiger partial charge in [-0.2, -0.15) is 0 Å². The highest BCUT2D eigenvalue weighted by Gasteiger charge is 2.46. The second kappa shape index (κ2) is 11.4. The van der Waals surface area contributed by atoms with Gasteiger partial charge in [0.2, 0.25) is 11.8 Å². The van der Waals surface area contributed by atoms with Crippen LogP contribution in [0.2, 0.25) is 0 Å². The first-order valence-electron chi connectivity index (χ1n) is 12.7. The molecule has 2 atom stereocenters. The van der Waals surface area contributed by atoms with Gasteiger partial charge in [0, 0.05) is 32.3 Å². The molecule has 0 saturated carbocycles. The number of aromatic nitrogens is 1. The lowest BCUT2D eigenvalue weighted by molar-refractivity contribution is -0.136. The van der Waals surface area contributed by atoms with E-state index in [9.17, 15) is 24.0 Å². The van der Waals surface area contributed by atoms with Gasteiger partial charge < -0.3 is 24.4 Å². The van der Waals surface area contributed by atoms with Gasteiger partial charge >= 0.3 is 6.09 Å². The third-order valence-electron chi connectivity index (χ3n) is 6.21. The van der Waals surface area contributed by atoms with Crippen molar-refractivity contribution in [2.45, 2.75) is 57.8 Å². The lowest BCUT2D eigenvalue weighted by Gasteiger charge is -2.34. The quantitative estimate of drug-likeness (QED) is 0.365. The van der Waals surface area contributed by atoms with Gasteiger partial charge in [-0.1, -0.05) is 0 Å². The average Bonchev–Trinajstić information content (AvgIpc) is 3.11. The van der Waals surface area contributed by atoms with Gasteiger partial charge in [0.05, 0.1) is 37.0 Å².